The number of benzene rings is 1. The second kappa shape index (κ2) is 8.05. The number of rotatable bonds is 6. The Labute approximate surface area is 130 Å². The molecule has 1 heterocycles. The molecule has 2 unspecified atom stereocenters. The maximum atomic E-state index is 5.36. The summed E-state index contributed by atoms with van der Waals surface area (Å²) in [6.07, 6.45) is 0. The van der Waals surface area contributed by atoms with Crippen LogP contribution in [0.25, 0.3) is 0 Å². The van der Waals surface area contributed by atoms with Crippen LogP contribution in [0.2, 0.25) is 0 Å². The monoisotopic (exact) mass is 313 g/mol. The molecule has 0 aromatic heterocycles. The van der Waals surface area contributed by atoms with E-state index >= 15 is 0 Å². The summed E-state index contributed by atoms with van der Waals surface area (Å²) in [5, 5.41) is 4.36. The molecular formula is C15H23NO2S2. The van der Waals surface area contributed by atoms with Gasteiger partial charge in [0.2, 0.25) is 0 Å². The van der Waals surface area contributed by atoms with Gasteiger partial charge in [-0.3, -0.25) is 0 Å². The lowest BCUT2D eigenvalue weighted by molar-refractivity contribution is 0.354. The third kappa shape index (κ3) is 4.24. The highest BCUT2D eigenvalue weighted by Crippen LogP contribution is 2.30. The van der Waals surface area contributed by atoms with E-state index in [4.69, 9.17) is 9.47 Å². The zero-order valence-electron chi connectivity index (χ0n) is 12.3. The van der Waals surface area contributed by atoms with Gasteiger partial charge < -0.3 is 14.8 Å². The van der Waals surface area contributed by atoms with E-state index in [9.17, 15) is 0 Å². The van der Waals surface area contributed by atoms with Crippen LogP contribution in [-0.2, 0) is 0 Å². The first-order valence-electron chi connectivity index (χ1n) is 6.89. The zero-order chi connectivity index (χ0) is 14.4. The molecule has 1 fully saturated rings. The summed E-state index contributed by atoms with van der Waals surface area (Å²) in [5.41, 5.74) is 1.23. The fourth-order valence-electron chi connectivity index (χ4n) is 2.20. The van der Waals surface area contributed by atoms with Crippen LogP contribution in [0, 0.1) is 0 Å². The van der Waals surface area contributed by atoms with Gasteiger partial charge in [-0.2, -0.15) is 23.5 Å². The van der Waals surface area contributed by atoms with Gasteiger partial charge in [-0.1, -0.05) is 6.07 Å². The molecule has 2 rings (SSSR count). The molecule has 1 aromatic rings. The molecule has 20 heavy (non-hydrogen) atoms. The molecule has 0 aliphatic carbocycles. The number of methoxy groups -OCH3 is 2. The molecule has 1 aliphatic heterocycles. The average Bonchev–Trinajstić information content (AvgIpc) is 2.52. The van der Waals surface area contributed by atoms with Gasteiger partial charge in [0.15, 0.2) is 11.5 Å². The van der Waals surface area contributed by atoms with Crippen molar-refractivity contribution in [2.75, 3.05) is 38.0 Å². The molecule has 0 saturated carbocycles. The average molecular weight is 313 g/mol. The Hall–Kier alpha value is -0.520. The second-order valence-corrected chi connectivity index (χ2v) is 7.37. The van der Waals surface area contributed by atoms with Crippen LogP contribution >= 0.6 is 23.5 Å². The van der Waals surface area contributed by atoms with Crippen molar-refractivity contribution in [2.45, 2.75) is 18.2 Å². The predicted octanol–water partition coefficient (Wildman–Crippen LogP) is 3.20. The van der Waals surface area contributed by atoms with Gasteiger partial charge in [-0.25, -0.2) is 0 Å². The number of nitrogens with one attached hydrogen (secondary N) is 1. The van der Waals surface area contributed by atoms with Gasteiger partial charge in [0.1, 0.15) is 0 Å². The molecule has 5 heteroatoms. The molecule has 0 spiro atoms. The molecule has 0 bridgehead atoms. The van der Waals surface area contributed by atoms with Crippen molar-refractivity contribution in [2.24, 2.45) is 0 Å². The highest BCUT2D eigenvalue weighted by Gasteiger charge is 2.16. The van der Waals surface area contributed by atoms with Gasteiger partial charge in [0.05, 0.1) is 14.2 Å². The van der Waals surface area contributed by atoms with Gasteiger partial charge in [0.25, 0.3) is 0 Å². The Bertz CT molecular complexity index is 422. The molecule has 1 N–H and O–H groups in total. The SMILES string of the molecule is COc1ccc(C(C)NCC2CSCCS2)cc1OC. The van der Waals surface area contributed by atoms with Crippen LogP contribution in [-0.4, -0.2) is 43.3 Å². The maximum Gasteiger partial charge on any atom is 0.161 e. The lowest BCUT2D eigenvalue weighted by Crippen LogP contribution is -2.30. The first-order chi connectivity index (χ1) is 9.74. The van der Waals surface area contributed by atoms with Crippen molar-refractivity contribution in [3.05, 3.63) is 23.8 Å². The van der Waals surface area contributed by atoms with Crippen molar-refractivity contribution in [1.29, 1.82) is 0 Å². The Morgan fingerprint density at radius 2 is 2.05 bits per heavy atom. The topological polar surface area (TPSA) is 30.5 Å². The Morgan fingerprint density at radius 3 is 2.70 bits per heavy atom. The zero-order valence-corrected chi connectivity index (χ0v) is 14.0. The third-order valence-electron chi connectivity index (χ3n) is 3.44. The maximum absolute atomic E-state index is 5.36. The van der Waals surface area contributed by atoms with Crippen molar-refractivity contribution < 1.29 is 9.47 Å². The fraction of sp³-hybridized carbons (Fsp3) is 0.600. The molecule has 1 saturated heterocycles. The summed E-state index contributed by atoms with van der Waals surface area (Å²) in [6, 6.07) is 6.45. The van der Waals surface area contributed by atoms with Crippen molar-refractivity contribution >= 4 is 23.5 Å². The van der Waals surface area contributed by atoms with Gasteiger partial charge in [-0.15, -0.1) is 0 Å². The minimum absolute atomic E-state index is 0.322. The van der Waals surface area contributed by atoms with Crippen LogP contribution in [0.1, 0.15) is 18.5 Å². The first-order valence-corrected chi connectivity index (χ1v) is 9.09. The number of thioether (sulfide) groups is 2. The lowest BCUT2D eigenvalue weighted by Gasteiger charge is -2.24. The molecule has 0 radical (unpaired) electrons. The Kier molecular flexibility index (Phi) is 6.39. The van der Waals surface area contributed by atoms with Gasteiger partial charge >= 0.3 is 0 Å². The third-order valence-corrected chi connectivity index (χ3v) is 6.29. The van der Waals surface area contributed by atoms with Crippen LogP contribution in [0.5, 0.6) is 11.5 Å². The Balaban J connectivity index is 1.92. The summed E-state index contributed by atoms with van der Waals surface area (Å²) >= 11 is 4.15. The summed E-state index contributed by atoms with van der Waals surface area (Å²) in [4.78, 5) is 0. The molecule has 0 amide bonds. The van der Waals surface area contributed by atoms with Gasteiger partial charge in [0, 0.05) is 35.1 Å². The summed E-state index contributed by atoms with van der Waals surface area (Å²) in [6.45, 7) is 3.26. The van der Waals surface area contributed by atoms with Crippen LogP contribution in [0.4, 0.5) is 0 Å². The highest BCUT2D eigenvalue weighted by atomic mass is 32.2. The molecular weight excluding hydrogens is 290 g/mol. The first kappa shape index (κ1) is 15.9. The van der Waals surface area contributed by atoms with E-state index in [-0.39, 0.29) is 0 Å². The molecule has 1 aliphatic rings. The molecule has 2 atom stereocenters. The standard InChI is InChI=1S/C15H23NO2S2/c1-11(16-9-13-10-19-6-7-20-13)12-4-5-14(17-2)15(8-12)18-3/h4-5,8,11,13,16H,6-7,9-10H2,1-3H3. The normalized spacial score (nSPS) is 20.4. The number of hydrogen-bond donors (Lipinski definition) is 1. The van der Waals surface area contributed by atoms with E-state index in [0.29, 0.717) is 6.04 Å². The van der Waals surface area contributed by atoms with E-state index in [1.807, 2.05) is 6.07 Å². The van der Waals surface area contributed by atoms with Gasteiger partial charge in [-0.05, 0) is 24.6 Å². The minimum Gasteiger partial charge on any atom is -0.493 e. The van der Waals surface area contributed by atoms with Crippen molar-refractivity contribution in [3.63, 3.8) is 0 Å². The van der Waals surface area contributed by atoms with Crippen LogP contribution in [0.3, 0.4) is 0 Å². The van der Waals surface area contributed by atoms with E-state index in [2.05, 4.69) is 47.9 Å². The number of hydrogen-bond acceptors (Lipinski definition) is 5. The van der Waals surface area contributed by atoms with E-state index < -0.39 is 0 Å². The summed E-state index contributed by atoms with van der Waals surface area (Å²) in [7, 11) is 3.34. The number of ether oxygens (including phenoxy) is 2. The quantitative estimate of drug-likeness (QED) is 0.871. The second-order valence-electron chi connectivity index (χ2n) is 4.81. The summed E-state index contributed by atoms with van der Waals surface area (Å²) < 4.78 is 10.6. The molecule has 1 aromatic carbocycles. The van der Waals surface area contributed by atoms with E-state index in [1.165, 1.54) is 22.8 Å². The van der Waals surface area contributed by atoms with Crippen LogP contribution < -0.4 is 14.8 Å². The van der Waals surface area contributed by atoms with Crippen LogP contribution in [0.15, 0.2) is 18.2 Å². The Morgan fingerprint density at radius 1 is 1.25 bits per heavy atom. The fourth-order valence-corrected chi connectivity index (χ4v) is 4.83. The minimum atomic E-state index is 0.322. The lowest BCUT2D eigenvalue weighted by atomic mass is 10.1. The largest absolute Gasteiger partial charge is 0.493 e. The molecule has 3 nitrogen and oxygen atoms in total. The molecule has 112 valence electrons. The van der Waals surface area contributed by atoms with E-state index in [1.54, 1.807) is 14.2 Å². The highest BCUT2D eigenvalue weighted by molar-refractivity contribution is 8.06. The summed E-state index contributed by atoms with van der Waals surface area (Å²) in [5.74, 6) is 5.41. The van der Waals surface area contributed by atoms with Crippen molar-refractivity contribution in [3.8, 4) is 11.5 Å². The van der Waals surface area contributed by atoms with Crippen molar-refractivity contribution in [1.82, 2.24) is 5.32 Å². The predicted molar refractivity (Wildman–Crippen MR) is 89.5 cm³/mol. The van der Waals surface area contributed by atoms with E-state index in [0.717, 1.165) is 23.3 Å². The smallest absolute Gasteiger partial charge is 0.161 e.